The van der Waals surface area contributed by atoms with Crippen molar-refractivity contribution in [2.45, 2.75) is 24.9 Å². The number of aromatic nitrogens is 5. The number of hydrogen-bond acceptors (Lipinski definition) is 6. The van der Waals surface area contributed by atoms with Crippen LogP contribution in [0, 0.1) is 5.92 Å². The summed E-state index contributed by atoms with van der Waals surface area (Å²) in [4.78, 5) is 10.5. The van der Waals surface area contributed by atoms with Gasteiger partial charge in [0.05, 0.1) is 11.8 Å². The fourth-order valence-corrected chi connectivity index (χ4v) is 4.58. The molecule has 4 aromatic heterocycles. The molecule has 0 saturated heterocycles. The first-order valence-electron chi connectivity index (χ1n) is 8.52. The van der Waals surface area contributed by atoms with Gasteiger partial charge in [-0.1, -0.05) is 5.21 Å². The number of rotatable bonds is 3. The Bertz CT molecular complexity index is 1160. The molecule has 9 heteroatoms. The van der Waals surface area contributed by atoms with Crippen molar-refractivity contribution in [1.82, 2.24) is 25.0 Å². The molecule has 1 saturated carbocycles. The third-order valence-corrected chi connectivity index (χ3v) is 6.11. The van der Waals surface area contributed by atoms with Gasteiger partial charge in [0.25, 0.3) is 0 Å². The number of hydrogen-bond donors (Lipinski definition) is 1. The molecule has 0 radical (unpaired) electrons. The van der Waals surface area contributed by atoms with Gasteiger partial charge in [0.2, 0.25) is 5.92 Å². The maximum Gasteiger partial charge on any atom is 0.248 e. The van der Waals surface area contributed by atoms with Gasteiger partial charge in [-0.2, -0.15) is 0 Å². The Kier molecular flexibility index (Phi) is 3.54. The average Bonchev–Trinajstić information content (AvgIpc) is 3.21. The average molecular weight is 387 g/mol. The first-order chi connectivity index (χ1) is 12.9. The minimum absolute atomic E-state index is 0.259. The van der Waals surface area contributed by atoms with Crippen molar-refractivity contribution in [3.05, 3.63) is 35.3 Å². The highest BCUT2D eigenvalue weighted by atomic mass is 32.1. The summed E-state index contributed by atoms with van der Waals surface area (Å²) in [6.07, 6.45) is 0.333. The number of halogens is 2. The molecule has 27 heavy (non-hydrogen) atoms. The van der Waals surface area contributed by atoms with Gasteiger partial charge in [0, 0.05) is 47.8 Å². The molecule has 0 spiro atoms. The van der Waals surface area contributed by atoms with Gasteiger partial charge in [-0.15, -0.1) is 16.4 Å². The second-order valence-corrected chi connectivity index (χ2v) is 8.05. The Morgan fingerprint density at radius 3 is 2.89 bits per heavy atom. The Morgan fingerprint density at radius 2 is 2.11 bits per heavy atom. The molecule has 0 unspecified atom stereocenters. The van der Waals surface area contributed by atoms with Crippen LogP contribution in [0.2, 0.25) is 0 Å². The number of fused-ring (bicyclic) bond motifs is 2. The fourth-order valence-electron chi connectivity index (χ4n) is 3.47. The second-order valence-electron chi connectivity index (χ2n) is 6.99. The van der Waals surface area contributed by atoms with Crippen LogP contribution in [-0.2, 0) is 7.05 Å². The molecule has 138 valence electrons. The number of alkyl halides is 2. The van der Waals surface area contributed by atoms with Crippen molar-refractivity contribution < 1.29 is 13.9 Å². The van der Waals surface area contributed by atoms with Crippen molar-refractivity contribution in [3.8, 4) is 11.3 Å². The molecular weight excluding hydrogens is 372 g/mol. The fraction of sp³-hybridized carbons (Fsp3) is 0.333. The maximum absolute atomic E-state index is 13.1. The van der Waals surface area contributed by atoms with Crippen LogP contribution >= 0.6 is 11.3 Å². The molecule has 0 amide bonds. The molecule has 0 aromatic carbocycles. The van der Waals surface area contributed by atoms with E-state index in [1.165, 1.54) is 11.3 Å². The summed E-state index contributed by atoms with van der Waals surface area (Å²) >= 11 is 1.34. The lowest BCUT2D eigenvalue weighted by Crippen LogP contribution is -2.38. The van der Waals surface area contributed by atoms with Crippen molar-refractivity contribution in [2.24, 2.45) is 13.0 Å². The minimum atomic E-state index is -2.64. The summed E-state index contributed by atoms with van der Waals surface area (Å²) in [5.74, 6) is -3.03. The third-order valence-electron chi connectivity index (χ3n) is 5.00. The van der Waals surface area contributed by atoms with E-state index in [1.807, 2.05) is 24.3 Å². The zero-order chi connectivity index (χ0) is 18.8. The van der Waals surface area contributed by atoms with Gasteiger partial charge in [-0.25, -0.2) is 23.4 Å². The molecule has 1 N–H and O–H groups in total. The van der Waals surface area contributed by atoms with Gasteiger partial charge < -0.3 is 5.11 Å². The van der Waals surface area contributed by atoms with E-state index in [-0.39, 0.29) is 12.8 Å². The highest BCUT2D eigenvalue weighted by Crippen LogP contribution is 2.49. The summed E-state index contributed by atoms with van der Waals surface area (Å²) in [6, 6.07) is 7.51. The Morgan fingerprint density at radius 1 is 1.30 bits per heavy atom. The lowest BCUT2D eigenvalue weighted by molar-refractivity contribution is -0.141. The van der Waals surface area contributed by atoms with E-state index in [0.29, 0.717) is 16.0 Å². The quantitative estimate of drug-likeness (QED) is 0.580. The number of aryl methyl sites for hydroxylation is 1. The van der Waals surface area contributed by atoms with Crippen LogP contribution in [0.5, 0.6) is 0 Å². The van der Waals surface area contributed by atoms with E-state index >= 15 is 0 Å². The third kappa shape index (κ3) is 2.78. The van der Waals surface area contributed by atoms with Gasteiger partial charge in [-0.05, 0) is 24.3 Å². The predicted molar refractivity (Wildman–Crippen MR) is 97.5 cm³/mol. The van der Waals surface area contributed by atoms with E-state index in [2.05, 4.69) is 20.3 Å². The van der Waals surface area contributed by atoms with Crippen molar-refractivity contribution in [3.63, 3.8) is 0 Å². The Hall–Kier alpha value is -2.52. The smallest absolute Gasteiger partial charge is 0.248 e. The van der Waals surface area contributed by atoms with Crippen LogP contribution in [-0.4, -0.2) is 36.0 Å². The standard InChI is InChI=1S/C18H15F2N5OS/c1-25-16-13(23-24-25)4-10(8-21-16)12-3-2-9-5-14(27-17(9)22-12)15(26)11-6-18(19,20)7-11/h2-5,8,11,15,26H,6-7H2,1H3/t15-/m1/s1. The molecule has 4 heterocycles. The molecule has 6 nitrogen and oxygen atoms in total. The SMILES string of the molecule is Cn1nnc2cc(-c3ccc4cc([C@H](O)C5CC(F)(F)C5)sc4n3)cnc21. The van der Waals surface area contributed by atoms with E-state index in [4.69, 9.17) is 0 Å². The number of pyridine rings is 2. The van der Waals surface area contributed by atoms with Crippen LogP contribution in [0.25, 0.3) is 32.6 Å². The number of aliphatic hydroxyl groups is 1. The molecule has 1 fully saturated rings. The van der Waals surface area contributed by atoms with Crippen molar-refractivity contribution >= 4 is 32.7 Å². The van der Waals surface area contributed by atoms with Gasteiger partial charge in [-0.3, -0.25) is 0 Å². The molecule has 1 atom stereocenters. The summed E-state index contributed by atoms with van der Waals surface area (Å²) in [7, 11) is 1.78. The maximum atomic E-state index is 13.1. The topological polar surface area (TPSA) is 76.7 Å². The Labute approximate surface area is 156 Å². The summed E-state index contributed by atoms with van der Waals surface area (Å²) in [6.45, 7) is 0. The van der Waals surface area contributed by atoms with Crippen LogP contribution < -0.4 is 0 Å². The minimum Gasteiger partial charge on any atom is -0.387 e. The zero-order valence-corrected chi connectivity index (χ0v) is 15.1. The number of aliphatic hydroxyl groups excluding tert-OH is 1. The summed E-state index contributed by atoms with van der Waals surface area (Å²) in [5.41, 5.74) is 2.93. The molecular formula is C18H15F2N5OS. The highest BCUT2D eigenvalue weighted by molar-refractivity contribution is 7.18. The van der Waals surface area contributed by atoms with Gasteiger partial charge >= 0.3 is 0 Å². The zero-order valence-electron chi connectivity index (χ0n) is 14.3. The van der Waals surface area contributed by atoms with Crippen molar-refractivity contribution in [1.29, 1.82) is 0 Å². The van der Waals surface area contributed by atoms with Crippen molar-refractivity contribution in [2.75, 3.05) is 0 Å². The Balaban J connectivity index is 1.48. The molecule has 0 bridgehead atoms. The molecule has 1 aliphatic carbocycles. The van der Waals surface area contributed by atoms with Crippen LogP contribution in [0.15, 0.2) is 30.5 Å². The molecule has 1 aliphatic rings. The lowest BCUT2D eigenvalue weighted by atomic mass is 9.77. The van der Waals surface area contributed by atoms with Crippen LogP contribution in [0.4, 0.5) is 8.78 Å². The van der Waals surface area contributed by atoms with E-state index in [9.17, 15) is 13.9 Å². The van der Waals surface area contributed by atoms with E-state index < -0.39 is 17.9 Å². The van der Waals surface area contributed by atoms with Crippen LogP contribution in [0.1, 0.15) is 23.8 Å². The summed E-state index contributed by atoms with van der Waals surface area (Å²) in [5, 5.41) is 19.3. The first kappa shape index (κ1) is 16.6. The number of thiophene rings is 1. The lowest BCUT2D eigenvalue weighted by Gasteiger charge is -2.37. The largest absolute Gasteiger partial charge is 0.387 e. The summed E-state index contributed by atoms with van der Waals surface area (Å²) < 4.78 is 27.8. The molecule has 0 aliphatic heterocycles. The predicted octanol–water partition coefficient (Wildman–Crippen LogP) is 3.72. The molecule has 5 rings (SSSR count). The highest BCUT2D eigenvalue weighted by Gasteiger charge is 2.48. The van der Waals surface area contributed by atoms with Gasteiger partial charge in [0.1, 0.15) is 10.3 Å². The van der Waals surface area contributed by atoms with Crippen LogP contribution in [0.3, 0.4) is 0 Å². The normalized spacial score (nSPS) is 18.1. The number of nitrogens with zero attached hydrogens (tertiary/aromatic N) is 5. The van der Waals surface area contributed by atoms with E-state index in [1.54, 1.807) is 17.9 Å². The monoisotopic (exact) mass is 387 g/mol. The second kappa shape index (κ2) is 5.74. The first-order valence-corrected chi connectivity index (χ1v) is 9.33. The molecule has 4 aromatic rings. The van der Waals surface area contributed by atoms with E-state index in [0.717, 1.165) is 21.5 Å². The van der Waals surface area contributed by atoms with Gasteiger partial charge in [0.15, 0.2) is 5.65 Å².